The molecule has 7 nitrogen and oxygen atoms in total. The molecule has 11 heavy (non-hydrogen) atoms. The van der Waals surface area contributed by atoms with Gasteiger partial charge < -0.3 is 11.1 Å². The van der Waals surface area contributed by atoms with E-state index < -0.39 is 0 Å². The first-order valence-corrected chi connectivity index (χ1v) is 2.92. The fraction of sp³-hybridized carbons (Fsp3) is 0.250. The van der Waals surface area contributed by atoms with Gasteiger partial charge in [-0.05, 0) is 0 Å². The highest BCUT2D eigenvalue weighted by Gasteiger charge is 1.99. The number of nitrogens with one attached hydrogen (secondary N) is 2. The fourth-order valence-electron chi connectivity index (χ4n) is 0.569. The van der Waals surface area contributed by atoms with Crippen LogP contribution in [0, 0.1) is 0 Å². The zero-order chi connectivity index (χ0) is 8.27. The standard InChI is InChI=1S/C4H9N7/c1-7-3-8-2(5)9-4(10-3)11-6/h6H2,1H3,(H4,5,7,8,9,10,11). The van der Waals surface area contributed by atoms with E-state index >= 15 is 0 Å². The molecule has 0 aromatic carbocycles. The number of rotatable bonds is 2. The number of nitrogens with zero attached hydrogens (tertiary/aromatic N) is 3. The van der Waals surface area contributed by atoms with Crippen molar-refractivity contribution in [2.75, 3.05) is 23.5 Å². The molecule has 1 rings (SSSR count). The van der Waals surface area contributed by atoms with Gasteiger partial charge in [0.15, 0.2) is 0 Å². The van der Waals surface area contributed by atoms with Crippen molar-refractivity contribution in [3.63, 3.8) is 0 Å². The average molecular weight is 155 g/mol. The van der Waals surface area contributed by atoms with Crippen LogP contribution in [0.4, 0.5) is 17.8 Å². The highest BCUT2D eigenvalue weighted by atomic mass is 15.3. The third-order valence-corrected chi connectivity index (χ3v) is 1.01. The van der Waals surface area contributed by atoms with E-state index in [9.17, 15) is 0 Å². The number of hydrazine groups is 1. The van der Waals surface area contributed by atoms with Crippen LogP contribution in [-0.4, -0.2) is 22.0 Å². The summed E-state index contributed by atoms with van der Waals surface area (Å²) in [4.78, 5) is 11.2. The lowest BCUT2D eigenvalue weighted by molar-refractivity contribution is 1.04. The average Bonchev–Trinajstić information content (AvgIpc) is 2.03. The number of anilines is 3. The van der Waals surface area contributed by atoms with E-state index in [1.807, 2.05) is 0 Å². The lowest BCUT2D eigenvalue weighted by Crippen LogP contribution is -2.13. The Morgan fingerprint density at radius 3 is 2.36 bits per heavy atom. The second-order valence-electron chi connectivity index (χ2n) is 1.74. The zero-order valence-electron chi connectivity index (χ0n) is 6.00. The van der Waals surface area contributed by atoms with Gasteiger partial charge in [-0.15, -0.1) is 0 Å². The van der Waals surface area contributed by atoms with Crippen LogP contribution in [0.2, 0.25) is 0 Å². The first-order valence-electron chi connectivity index (χ1n) is 2.92. The quantitative estimate of drug-likeness (QED) is 0.312. The van der Waals surface area contributed by atoms with Gasteiger partial charge in [0.25, 0.3) is 0 Å². The Bertz CT molecular complexity index is 224. The molecule has 0 saturated heterocycles. The molecule has 60 valence electrons. The van der Waals surface area contributed by atoms with Crippen LogP contribution in [-0.2, 0) is 0 Å². The Hall–Kier alpha value is -1.63. The highest BCUT2D eigenvalue weighted by Crippen LogP contribution is 2.03. The minimum absolute atomic E-state index is 0.123. The minimum atomic E-state index is 0.123. The molecule has 0 saturated carbocycles. The lowest BCUT2D eigenvalue weighted by Gasteiger charge is -2.01. The van der Waals surface area contributed by atoms with Crippen LogP contribution in [0.3, 0.4) is 0 Å². The molecular formula is C4H9N7. The largest absolute Gasteiger partial charge is 0.368 e. The summed E-state index contributed by atoms with van der Waals surface area (Å²) in [6.45, 7) is 0. The molecule has 0 spiro atoms. The van der Waals surface area contributed by atoms with Crippen LogP contribution in [0.25, 0.3) is 0 Å². The maximum absolute atomic E-state index is 5.31. The van der Waals surface area contributed by atoms with Crippen molar-refractivity contribution in [3.8, 4) is 0 Å². The molecule has 0 aliphatic rings. The van der Waals surface area contributed by atoms with Crippen molar-refractivity contribution in [1.29, 1.82) is 0 Å². The van der Waals surface area contributed by atoms with Crippen LogP contribution >= 0.6 is 0 Å². The lowest BCUT2D eigenvalue weighted by atomic mass is 10.8. The monoisotopic (exact) mass is 155 g/mol. The number of hydrogen-bond donors (Lipinski definition) is 4. The summed E-state index contributed by atoms with van der Waals surface area (Å²) < 4.78 is 0. The highest BCUT2D eigenvalue weighted by molar-refractivity contribution is 5.38. The molecule has 0 unspecified atom stereocenters. The molecule has 0 fully saturated rings. The molecule has 0 atom stereocenters. The number of nitrogens with two attached hydrogens (primary N) is 2. The maximum Gasteiger partial charge on any atom is 0.243 e. The number of nitrogen functional groups attached to an aromatic ring is 2. The SMILES string of the molecule is CNc1nc(N)nc(NN)n1. The predicted molar refractivity (Wildman–Crippen MR) is 41.6 cm³/mol. The van der Waals surface area contributed by atoms with Gasteiger partial charge in [0, 0.05) is 7.05 Å². The Labute approximate surface area is 63.2 Å². The molecule has 0 aliphatic heterocycles. The summed E-state index contributed by atoms with van der Waals surface area (Å²) in [7, 11) is 1.68. The molecule has 1 aromatic rings. The van der Waals surface area contributed by atoms with Gasteiger partial charge in [0.2, 0.25) is 17.8 Å². The van der Waals surface area contributed by atoms with E-state index in [4.69, 9.17) is 11.6 Å². The van der Waals surface area contributed by atoms with Crippen molar-refractivity contribution in [3.05, 3.63) is 0 Å². The third kappa shape index (κ3) is 1.64. The van der Waals surface area contributed by atoms with Crippen molar-refractivity contribution < 1.29 is 0 Å². The first-order chi connectivity index (χ1) is 5.26. The minimum Gasteiger partial charge on any atom is -0.368 e. The van der Waals surface area contributed by atoms with Crippen molar-refractivity contribution >= 4 is 17.8 Å². The molecule has 6 N–H and O–H groups in total. The van der Waals surface area contributed by atoms with Crippen molar-refractivity contribution in [2.45, 2.75) is 0 Å². The summed E-state index contributed by atoms with van der Waals surface area (Å²) >= 11 is 0. The Kier molecular flexibility index (Phi) is 2.02. The molecule has 7 heteroatoms. The Balaban J connectivity index is 3.02. The van der Waals surface area contributed by atoms with Gasteiger partial charge in [0.1, 0.15) is 0 Å². The molecular weight excluding hydrogens is 146 g/mol. The van der Waals surface area contributed by atoms with E-state index in [1.165, 1.54) is 0 Å². The molecule has 0 radical (unpaired) electrons. The van der Waals surface area contributed by atoms with Crippen LogP contribution in [0.1, 0.15) is 0 Å². The second-order valence-corrected chi connectivity index (χ2v) is 1.74. The van der Waals surface area contributed by atoms with Gasteiger partial charge in [-0.2, -0.15) is 15.0 Å². The molecule has 1 aromatic heterocycles. The van der Waals surface area contributed by atoms with Gasteiger partial charge >= 0.3 is 0 Å². The molecule has 0 amide bonds. The number of aromatic nitrogens is 3. The summed E-state index contributed by atoms with van der Waals surface area (Å²) in [5.74, 6) is 5.80. The molecule has 0 bridgehead atoms. The van der Waals surface area contributed by atoms with Gasteiger partial charge in [-0.1, -0.05) is 0 Å². The predicted octanol–water partition coefficient (Wildman–Crippen LogP) is -1.22. The normalized spacial score (nSPS) is 9.27. The topological polar surface area (TPSA) is 115 Å². The fourth-order valence-corrected chi connectivity index (χ4v) is 0.569. The smallest absolute Gasteiger partial charge is 0.243 e. The van der Waals surface area contributed by atoms with E-state index in [0.29, 0.717) is 5.95 Å². The summed E-state index contributed by atoms with van der Waals surface area (Å²) in [6, 6.07) is 0. The van der Waals surface area contributed by atoms with Crippen LogP contribution in [0.15, 0.2) is 0 Å². The third-order valence-electron chi connectivity index (χ3n) is 1.01. The summed E-state index contributed by atoms with van der Waals surface area (Å²) in [5.41, 5.74) is 7.57. The van der Waals surface area contributed by atoms with E-state index in [-0.39, 0.29) is 11.9 Å². The van der Waals surface area contributed by atoms with Crippen molar-refractivity contribution in [1.82, 2.24) is 15.0 Å². The van der Waals surface area contributed by atoms with E-state index in [0.717, 1.165) is 0 Å². The van der Waals surface area contributed by atoms with Crippen LogP contribution < -0.4 is 22.3 Å². The van der Waals surface area contributed by atoms with Gasteiger partial charge in [-0.25, -0.2) is 5.84 Å². The second kappa shape index (κ2) is 2.97. The Morgan fingerprint density at radius 1 is 1.18 bits per heavy atom. The van der Waals surface area contributed by atoms with E-state index in [2.05, 4.69) is 25.7 Å². The summed E-state index contributed by atoms with van der Waals surface area (Å²) in [6.07, 6.45) is 0. The van der Waals surface area contributed by atoms with E-state index in [1.54, 1.807) is 7.05 Å². The molecule has 1 heterocycles. The number of hydrogen-bond acceptors (Lipinski definition) is 7. The Morgan fingerprint density at radius 2 is 1.82 bits per heavy atom. The van der Waals surface area contributed by atoms with Crippen molar-refractivity contribution in [2.24, 2.45) is 5.84 Å². The van der Waals surface area contributed by atoms with Crippen LogP contribution in [0.5, 0.6) is 0 Å². The maximum atomic E-state index is 5.31. The van der Waals surface area contributed by atoms with Gasteiger partial charge in [-0.3, -0.25) is 5.43 Å². The molecule has 0 aliphatic carbocycles. The zero-order valence-corrected chi connectivity index (χ0v) is 6.00. The first kappa shape index (κ1) is 7.48. The summed E-state index contributed by atoms with van der Waals surface area (Å²) in [5, 5.41) is 2.70. The van der Waals surface area contributed by atoms with Gasteiger partial charge in [0.05, 0.1) is 0 Å².